The van der Waals surface area contributed by atoms with Crippen molar-refractivity contribution in [3.63, 3.8) is 0 Å². The van der Waals surface area contributed by atoms with E-state index in [1.54, 1.807) is 6.92 Å². The zero-order chi connectivity index (χ0) is 10.3. The van der Waals surface area contributed by atoms with Crippen molar-refractivity contribution in [1.29, 1.82) is 0 Å². The van der Waals surface area contributed by atoms with Gasteiger partial charge in [0.25, 0.3) is 0 Å². The molecule has 0 aliphatic rings. The average molecular weight is 188 g/mol. The van der Waals surface area contributed by atoms with Crippen molar-refractivity contribution in [2.24, 2.45) is 5.73 Å². The Kier molecular flexibility index (Phi) is 5.88. The second-order valence-electron chi connectivity index (χ2n) is 2.70. The molecule has 0 radical (unpaired) electrons. The van der Waals surface area contributed by atoms with Crippen molar-refractivity contribution in [1.82, 2.24) is 4.90 Å². The largest absolute Gasteiger partial charge is 0.396 e. The standard InChI is InChI=1S/C8H16N2O3/c1-2-10(6-7(9)12)8(13)4-3-5-11/h11H,2-6H2,1H3,(H2,9,12). The van der Waals surface area contributed by atoms with E-state index >= 15 is 0 Å². The topological polar surface area (TPSA) is 83.6 Å². The van der Waals surface area contributed by atoms with Crippen LogP contribution in [-0.2, 0) is 9.59 Å². The number of amides is 2. The zero-order valence-corrected chi connectivity index (χ0v) is 7.82. The molecule has 5 heteroatoms. The summed E-state index contributed by atoms with van der Waals surface area (Å²) in [5.74, 6) is -0.658. The predicted octanol–water partition coefficient (Wildman–Crippen LogP) is -0.907. The number of hydrogen-bond donors (Lipinski definition) is 2. The molecule has 0 heterocycles. The van der Waals surface area contributed by atoms with Crippen LogP contribution in [0.15, 0.2) is 0 Å². The third-order valence-corrected chi connectivity index (χ3v) is 1.63. The van der Waals surface area contributed by atoms with Crippen LogP contribution in [0.1, 0.15) is 19.8 Å². The van der Waals surface area contributed by atoms with E-state index in [-0.39, 0.29) is 25.5 Å². The maximum Gasteiger partial charge on any atom is 0.237 e. The van der Waals surface area contributed by atoms with Gasteiger partial charge in [-0.15, -0.1) is 0 Å². The van der Waals surface area contributed by atoms with E-state index in [0.29, 0.717) is 13.0 Å². The second kappa shape index (κ2) is 6.42. The van der Waals surface area contributed by atoms with E-state index < -0.39 is 5.91 Å². The van der Waals surface area contributed by atoms with Gasteiger partial charge in [-0.2, -0.15) is 0 Å². The molecule has 2 amide bonds. The molecule has 0 aliphatic carbocycles. The van der Waals surface area contributed by atoms with Crippen LogP contribution < -0.4 is 5.73 Å². The summed E-state index contributed by atoms with van der Waals surface area (Å²) in [6.45, 7) is 2.19. The van der Waals surface area contributed by atoms with Crippen LogP contribution in [0.4, 0.5) is 0 Å². The number of nitrogens with two attached hydrogens (primary N) is 1. The van der Waals surface area contributed by atoms with Gasteiger partial charge >= 0.3 is 0 Å². The summed E-state index contributed by atoms with van der Waals surface area (Å²) in [6, 6.07) is 0. The fourth-order valence-electron chi connectivity index (χ4n) is 0.953. The first-order chi connectivity index (χ1) is 6.11. The highest BCUT2D eigenvalue weighted by atomic mass is 16.3. The van der Waals surface area contributed by atoms with E-state index in [2.05, 4.69) is 0 Å². The third kappa shape index (κ3) is 5.19. The monoisotopic (exact) mass is 188 g/mol. The van der Waals surface area contributed by atoms with Crippen molar-refractivity contribution in [2.45, 2.75) is 19.8 Å². The predicted molar refractivity (Wildman–Crippen MR) is 47.8 cm³/mol. The molecule has 0 aromatic heterocycles. The molecule has 0 saturated heterocycles. The molecule has 0 unspecified atom stereocenters. The summed E-state index contributed by atoms with van der Waals surface area (Å²) in [5.41, 5.74) is 4.95. The van der Waals surface area contributed by atoms with Gasteiger partial charge in [-0.05, 0) is 13.3 Å². The highest BCUT2D eigenvalue weighted by Gasteiger charge is 2.12. The van der Waals surface area contributed by atoms with Gasteiger partial charge in [-0.25, -0.2) is 0 Å². The number of primary amides is 1. The Hall–Kier alpha value is -1.10. The van der Waals surface area contributed by atoms with Crippen LogP contribution in [-0.4, -0.2) is 41.5 Å². The summed E-state index contributed by atoms with van der Waals surface area (Å²) < 4.78 is 0. The van der Waals surface area contributed by atoms with Crippen molar-refractivity contribution < 1.29 is 14.7 Å². The van der Waals surface area contributed by atoms with E-state index in [1.165, 1.54) is 4.90 Å². The van der Waals surface area contributed by atoms with Crippen molar-refractivity contribution in [3.05, 3.63) is 0 Å². The minimum absolute atomic E-state index is 0.0140. The molecular formula is C8H16N2O3. The van der Waals surface area contributed by atoms with Gasteiger partial charge in [-0.3, -0.25) is 9.59 Å². The summed E-state index contributed by atoms with van der Waals surface area (Å²) in [6.07, 6.45) is 0.686. The quantitative estimate of drug-likeness (QED) is 0.566. The summed E-state index contributed by atoms with van der Waals surface area (Å²) in [4.78, 5) is 23.2. The van der Waals surface area contributed by atoms with Gasteiger partial charge in [0.05, 0.1) is 6.54 Å². The van der Waals surface area contributed by atoms with Crippen LogP contribution in [0.25, 0.3) is 0 Å². The Balaban J connectivity index is 3.92. The van der Waals surface area contributed by atoms with E-state index in [1.807, 2.05) is 0 Å². The molecule has 0 rings (SSSR count). The highest BCUT2D eigenvalue weighted by molar-refractivity contribution is 5.83. The second-order valence-corrected chi connectivity index (χ2v) is 2.70. The van der Waals surface area contributed by atoms with Crippen LogP contribution in [0.2, 0.25) is 0 Å². The van der Waals surface area contributed by atoms with Crippen molar-refractivity contribution in [2.75, 3.05) is 19.7 Å². The summed E-state index contributed by atoms with van der Waals surface area (Å²) >= 11 is 0. The maximum absolute atomic E-state index is 11.3. The van der Waals surface area contributed by atoms with Gasteiger partial charge in [-0.1, -0.05) is 0 Å². The molecule has 3 N–H and O–H groups in total. The number of aliphatic hydroxyl groups excluding tert-OH is 1. The first-order valence-corrected chi connectivity index (χ1v) is 4.28. The lowest BCUT2D eigenvalue weighted by molar-refractivity contribution is -0.135. The molecule has 0 aromatic rings. The van der Waals surface area contributed by atoms with Crippen molar-refractivity contribution in [3.8, 4) is 0 Å². The number of hydrogen-bond acceptors (Lipinski definition) is 3. The van der Waals surface area contributed by atoms with Crippen LogP contribution in [0, 0.1) is 0 Å². The van der Waals surface area contributed by atoms with Crippen LogP contribution in [0.5, 0.6) is 0 Å². The zero-order valence-electron chi connectivity index (χ0n) is 7.82. The molecule has 0 atom stereocenters. The number of carbonyl (C=O) groups excluding carboxylic acids is 2. The average Bonchev–Trinajstić information content (AvgIpc) is 2.09. The van der Waals surface area contributed by atoms with Crippen LogP contribution in [0.3, 0.4) is 0 Å². The number of nitrogens with zero attached hydrogens (tertiary/aromatic N) is 1. The molecule has 5 nitrogen and oxygen atoms in total. The van der Waals surface area contributed by atoms with Gasteiger partial charge in [0.1, 0.15) is 0 Å². The Morgan fingerprint density at radius 2 is 2.08 bits per heavy atom. The SMILES string of the molecule is CCN(CC(N)=O)C(=O)CCCO. The number of aliphatic hydroxyl groups is 1. The van der Waals surface area contributed by atoms with Gasteiger partial charge < -0.3 is 15.7 Å². The van der Waals surface area contributed by atoms with Crippen molar-refractivity contribution >= 4 is 11.8 Å². The Morgan fingerprint density at radius 1 is 1.46 bits per heavy atom. The lowest BCUT2D eigenvalue weighted by atomic mass is 10.3. The van der Waals surface area contributed by atoms with Gasteiger partial charge in [0, 0.05) is 19.6 Å². The first kappa shape index (κ1) is 11.9. The maximum atomic E-state index is 11.3. The van der Waals surface area contributed by atoms with Crippen LogP contribution >= 0.6 is 0 Å². The lowest BCUT2D eigenvalue weighted by Gasteiger charge is -2.18. The first-order valence-electron chi connectivity index (χ1n) is 4.28. The minimum Gasteiger partial charge on any atom is -0.396 e. The normalized spacial score (nSPS) is 9.69. The molecule has 76 valence electrons. The third-order valence-electron chi connectivity index (χ3n) is 1.63. The Labute approximate surface area is 77.5 Å². The molecule has 0 bridgehead atoms. The highest BCUT2D eigenvalue weighted by Crippen LogP contribution is 1.96. The Bertz CT molecular complexity index is 182. The minimum atomic E-state index is -0.515. The van der Waals surface area contributed by atoms with E-state index in [9.17, 15) is 9.59 Å². The van der Waals surface area contributed by atoms with E-state index in [4.69, 9.17) is 10.8 Å². The molecule has 0 saturated carbocycles. The number of rotatable bonds is 6. The molecule has 0 aromatic carbocycles. The molecule has 0 fully saturated rings. The van der Waals surface area contributed by atoms with Gasteiger partial charge in [0.15, 0.2) is 0 Å². The molecule has 13 heavy (non-hydrogen) atoms. The number of likely N-dealkylation sites (N-methyl/N-ethyl adjacent to an activating group) is 1. The summed E-state index contributed by atoms with van der Waals surface area (Å²) in [7, 11) is 0. The van der Waals surface area contributed by atoms with Gasteiger partial charge in [0.2, 0.25) is 11.8 Å². The molecule has 0 spiro atoms. The Morgan fingerprint density at radius 3 is 2.46 bits per heavy atom. The summed E-state index contributed by atoms with van der Waals surface area (Å²) in [5, 5.41) is 8.49. The smallest absolute Gasteiger partial charge is 0.237 e. The molecule has 0 aliphatic heterocycles. The fraction of sp³-hybridized carbons (Fsp3) is 0.750. The lowest BCUT2D eigenvalue weighted by Crippen LogP contribution is -2.38. The number of carbonyl (C=O) groups is 2. The fourth-order valence-corrected chi connectivity index (χ4v) is 0.953. The molecular weight excluding hydrogens is 172 g/mol. The van der Waals surface area contributed by atoms with E-state index in [0.717, 1.165) is 0 Å².